The first-order valence-electron chi connectivity index (χ1n) is 7.36. The summed E-state index contributed by atoms with van der Waals surface area (Å²) in [5.74, 6) is 0.137. The number of likely N-dealkylation sites (tertiary alicyclic amines) is 1. The third-order valence-corrected chi connectivity index (χ3v) is 4.63. The molecule has 0 aromatic heterocycles. The summed E-state index contributed by atoms with van der Waals surface area (Å²) >= 11 is 0. The Hall–Kier alpha value is -0.610. The first-order valence-corrected chi connectivity index (χ1v) is 7.36. The van der Waals surface area contributed by atoms with Gasteiger partial charge in [-0.1, -0.05) is 20.8 Å². The van der Waals surface area contributed by atoms with Crippen molar-refractivity contribution in [1.29, 1.82) is 0 Å². The number of nitrogens with one attached hydrogen (secondary N) is 1. The topological polar surface area (TPSA) is 58.4 Å². The quantitative estimate of drug-likeness (QED) is 0.722. The lowest BCUT2D eigenvalue weighted by Crippen LogP contribution is -2.49. The first kappa shape index (κ1) is 15.4. The summed E-state index contributed by atoms with van der Waals surface area (Å²) in [4.78, 5) is 14.7. The van der Waals surface area contributed by atoms with E-state index in [9.17, 15) is 4.79 Å². The highest BCUT2D eigenvalue weighted by atomic mass is 16.2. The van der Waals surface area contributed by atoms with Gasteiger partial charge in [-0.25, -0.2) is 0 Å². The van der Waals surface area contributed by atoms with Crippen LogP contribution in [0.25, 0.3) is 0 Å². The van der Waals surface area contributed by atoms with Gasteiger partial charge in [0.05, 0.1) is 5.41 Å². The van der Waals surface area contributed by atoms with Crippen LogP contribution in [-0.2, 0) is 4.79 Å². The van der Waals surface area contributed by atoms with E-state index in [0.717, 1.165) is 25.9 Å². The predicted molar refractivity (Wildman–Crippen MR) is 75.3 cm³/mol. The molecule has 4 heteroatoms. The van der Waals surface area contributed by atoms with Crippen molar-refractivity contribution >= 4 is 5.91 Å². The number of nitrogens with two attached hydrogens (primary N) is 1. The van der Waals surface area contributed by atoms with Crippen LogP contribution in [0.15, 0.2) is 0 Å². The highest BCUT2D eigenvalue weighted by Gasteiger charge is 2.34. The van der Waals surface area contributed by atoms with Crippen molar-refractivity contribution in [3.8, 4) is 0 Å². The van der Waals surface area contributed by atoms with E-state index < -0.39 is 0 Å². The van der Waals surface area contributed by atoms with Gasteiger partial charge in [0, 0.05) is 19.1 Å². The van der Waals surface area contributed by atoms with Crippen molar-refractivity contribution in [2.75, 3.05) is 26.2 Å². The molecule has 1 rings (SSSR count). The smallest absolute Gasteiger partial charge is 0.227 e. The molecule has 1 heterocycles. The molecule has 0 aromatic rings. The van der Waals surface area contributed by atoms with Crippen LogP contribution in [0.1, 0.15) is 46.5 Å². The second-order valence-electron chi connectivity index (χ2n) is 5.33. The molecular weight excluding hydrogens is 226 g/mol. The fourth-order valence-corrected chi connectivity index (χ4v) is 2.89. The highest BCUT2D eigenvalue weighted by molar-refractivity contribution is 5.82. The standard InChI is InChI=1S/C14H29N3O/c1-4-14(5-2,11-15)13(18)16-10-12-8-7-9-17(12)6-3/h12H,4-11,15H2,1-3H3,(H,16,18). The number of likely N-dealkylation sites (N-methyl/N-ethyl adjacent to an activating group) is 1. The summed E-state index contributed by atoms with van der Waals surface area (Å²) < 4.78 is 0. The predicted octanol–water partition coefficient (Wildman–Crippen LogP) is 1.35. The van der Waals surface area contributed by atoms with Crippen molar-refractivity contribution in [2.45, 2.75) is 52.5 Å². The average molecular weight is 255 g/mol. The number of carbonyl (C=O) groups excluding carboxylic acids is 1. The van der Waals surface area contributed by atoms with E-state index in [1.807, 2.05) is 13.8 Å². The van der Waals surface area contributed by atoms with Gasteiger partial charge in [-0.15, -0.1) is 0 Å². The third-order valence-electron chi connectivity index (χ3n) is 4.63. The molecule has 3 N–H and O–H groups in total. The molecule has 4 nitrogen and oxygen atoms in total. The Morgan fingerprint density at radius 3 is 2.56 bits per heavy atom. The van der Waals surface area contributed by atoms with Gasteiger partial charge in [-0.2, -0.15) is 0 Å². The molecule has 1 fully saturated rings. The van der Waals surface area contributed by atoms with Crippen molar-refractivity contribution in [2.24, 2.45) is 11.1 Å². The van der Waals surface area contributed by atoms with Crippen molar-refractivity contribution in [1.82, 2.24) is 10.2 Å². The van der Waals surface area contributed by atoms with Crippen LogP contribution in [0.2, 0.25) is 0 Å². The fourth-order valence-electron chi connectivity index (χ4n) is 2.89. The molecule has 1 amide bonds. The van der Waals surface area contributed by atoms with E-state index in [1.54, 1.807) is 0 Å². The minimum absolute atomic E-state index is 0.137. The van der Waals surface area contributed by atoms with E-state index in [4.69, 9.17) is 5.73 Å². The van der Waals surface area contributed by atoms with Gasteiger partial charge in [-0.3, -0.25) is 9.69 Å². The summed E-state index contributed by atoms with van der Waals surface area (Å²) in [5.41, 5.74) is 5.43. The summed E-state index contributed by atoms with van der Waals surface area (Å²) in [6, 6.07) is 0.517. The number of carbonyl (C=O) groups is 1. The van der Waals surface area contributed by atoms with Crippen LogP contribution in [0, 0.1) is 5.41 Å². The monoisotopic (exact) mass is 255 g/mol. The van der Waals surface area contributed by atoms with Crippen molar-refractivity contribution in [3.05, 3.63) is 0 Å². The Morgan fingerprint density at radius 1 is 1.39 bits per heavy atom. The average Bonchev–Trinajstić information content (AvgIpc) is 2.86. The number of nitrogens with zero attached hydrogens (tertiary/aromatic N) is 1. The molecule has 0 bridgehead atoms. The van der Waals surface area contributed by atoms with E-state index in [-0.39, 0.29) is 11.3 Å². The zero-order valence-corrected chi connectivity index (χ0v) is 12.2. The summed E-state index contributed by atoms with van der Waals surface area (Å²) in [5, 5.41) is 3.12. The number of hydrogen-bond donors (Lipinski definition) is 2. The Balaban J connectivity index is 2.49. The molecule has 106 valence electrons. The molecule has 1 unspecified atom stereocenters. The Bertz CT molecular complexity index is 256. The molecule has 1 atom stereocenters. The lowest BCUT2D eigenvalue weighted by atomic mass is 9.81. The van der Waals surface area contributed by atoms with E-state index in [1.165, 1.54) is 19.4 Å². The SMILES string of the molecule is CCN1CCCC1CNC(=O)C(CC)(CC)CN. The second kappa shape index (κ2) is 7.10. The van der Waals surface area contributed by atoms with Gasteiger partial charge in [0.1, 0.15) is 0 Å². The highest BCUT2D eigenvalue weighted by Crippen LogP contribution is 2.25. The van der Waals surface area contributed by atoms with Gasteiger partial charge in [-0.05, 0) is 38.8 Å². The van der Waals surface area contributed by atoms with Crippen LogP contribution >= 0.6 is 0 Å². The zero-order valence-electron chi connectivity index (χ0n) is 12.2. The molecule has 0 aliphatic carbocycles. The molecule has 1 aliphatic heterocycles. The molecule has 18 heavy (non-hydrogen) atoms. The number of hydrogen-bond acceptors (Lipinski definition) is 3. The minimum atomic E-state index is -0.365. The van der Waals surface area contributed by atoms with Gasteiger partial charge in [0.25, 0.3) is 0 Å². The summed E-state index contributed by atoms with van der Waals surface area (Å²) in [6.45, 7) is 9.73. The zero-order chi connectivity index (χ0) is 13.6. The van der Waals surface area contributed by atoms with Gasteiger partial charge < -0.3 is 11.1 Å². The van der Waals surface area contributed by atoms with E-state index in [0.29, 0.717) is 12.6 Å². The molecule has 0 radical (unpaired) electrons. The maximum Gasteiger partial charge on any atom is 0.227 e. The minimum Gasteiger partial charge on any atom is -0.354 e. The first-order chi connectivity index (χ1) is 8.63. The molecule has 0 spiro atoms. The molecule has 1 aliphatic rings. The van der Waals surface area contributed by atoms with Crippen LogP contribution in [0.3, 0.4) is 0 Å². The maximum absolute atomic E-state index is 12.3. The van der Waals surface area contributed by atoms with Crippen molar-refractivity contribution < 1.29 is 4.79 Å². The Labute approximate surface area is 111 Å². The van der Waals surface area contributed by atoms with Crippen LogP contribution < -0.4 is 11.1 Å². The number of amides is 1. The van der Waals surface area contributed by atoms with Crippen LogP contribution in [-0.4, -0.2) is 43.0 Å². The van der Waals surface area contributed by atoms with Gasteiger partial charge in [0.15, 0.2) is 0 Å². The van der Waals surface area contributed by atoms with E-state index >= 15 is 0 Å². The van der Waals surface area contributed by atoms with Crippen LogP contribution in [0.4, 0.5) is 0 Å². The molecule has 1 saturated heterocycles. The molecule has 0 aromatic carbocycles. The van der Waals surface area contributed by atoms with Crippen LogP contribution in [0.5, 0.6) is 0 Å². The maximum atomic E-state index is 12.3. The molecule has 0 saturated carbocycles. The normalized spacial score (nSPS) is 21.2. The largest absolute Gasteiger partial charge is 0.354 e. The Morgan fingerprint density at radius 2 is 2.06 bits per heavy atom. The lowest BCUT2D eigenvalue weighted by Gasteiger charge is -2.30. The summed E-state index contributed by atoms with van der Waals surface area (Å²) in [6.07, 6.45) is 4.07. The summed E-state index contributed by atoms with van der Waals surface area (Å²) in [7, 11) is 0. The molecular formula is C14H29N3O. The Kier molecular flexibility index (Phi) is 6.09. The fraction of sp³-hybridized carbons (Fsp3) is 0.929. The van der Waals surface area contributed by atoms with Gasteiger partial charge >= 0.3 is 0 Å². The van der Waals surface area contributed by atoms with Crippen molar-refractivity contribution in [3.63, 3.8) is 0 Å². The third kappa shape index (κ3) is 3.23. The van der Waals surface area contributed by atoms with Gasteiger partial charge in [0.2, 0.25) is 5.91 Å². The number of rotatable bonds is 7. The van der Waals surface area contributed by atoms with E-state index in [2.05, 4.69) is 17.1 Å². The second-order valence-corrected chi connectivity index (χ2v) is 5.33. The lowest BCUT2D eigenvalue weighted by molar-refractivity contribution is -0.131.